The lowest BCUT2D eigenvalue weighted by Gasteiger charge is -2.22. The van der Waals surface area contributed by atoms with Crippen molar-refractivity contribution in [3.8, 4) is 34.2 Å². The molecule has 1 fully saturated rings. The molecule has 5 aromatic rings. The topological polar surface area (TPSA) is 121 Å². The van der Waals surface area contributed by atoms with Crippen molar-refractivity contribution in [2.45, 2.75) is 18.9 Å². The van der Waals surface area contributed by atoms with Crippen LogP contribution < -0.4 is 15.8 Å². The summed E-state index contributed by atoms with van der Waals surface area (Å²) >= 11 is 0. The van der Waals surface area contributed by atoms with Gasteiger partial charge in [-0.3, -0.25) is 4.68 Å². The zero-order chi connectivity index (χ0) is 24.5. The number of nitrogens with two attached hydrogens (primary N) is 1. The van der Waals surface area contributed by atoms with E-state index < -0.39 is 0 Å². The minimum Gasteiger partial charge on any atom is -0.440 e. The van der Waals surface area contributed by atoms with Gasteiger partial charge in [-0.05, 0) is 50.2 Å². The summed E-state index contributed by atoms with van der Waals surface area (Å²) < 4.78 is 13.9. The molecule has 0 amide bonds. The van der Waals surface area contributed by atoms with Gasteiger partial charge in [-0.15, -0.1) is 0 Å². The number of benzene rings is 1. The molecule has 1 saturated heterocycles. The van der Waals surface area contributed by atoms with E-state index in [0.29, 0.717) is 51.7 Å². The molecule has 0 radical (unpaired) electrons. The largest absolute Gasteiger partial charge is 0.440 e. The van der Waals surface area contributed by atoms with Crippen molar-refractivity contribution in [2.75, 3.05) is 18.8 Å². The molecule has 0 spiro atoms. The fourth-order valence-corrected chi connectivity index (χ4v) is 4.29. The first-order valence-electron chi connectivity index (χ1n) is 11.6. The molecule has 1 aliphatic heterocycles. The number of aromatic nitrogens is 5. The number of oxazole rings is 1. The Labute approximate surface area is 206 Å². The summed E-state index contributed by atoms with van der Waals surface area (Å²) in [4.78, 5) is 16.5. The molecule has 3 N–H and O–H groups in total. The first-order chi connectivity index (χ1) is 17.7. The average molecular weight is 479 g/mol. The number of ether oxygens (including phenoxy) is 1. The molecule has 1 aliphatic rings. The van der Waals surface area contributed by atoms with Crippen LogP contribution in [0.4, 0.5) is 11.5 Å². The third kappa shape index (κ3) is 4.23. The Morgan fingerprint density at radius 1 is 1.08 bits per heavy atom. The van der Waals surface area contributed by atoms with Crippen LogP contribution in [0.15, 0.2) is 65.6 Å². The number of nitrogen functional groups attached to an aromatic ring is 1. The standard InChI is InChI=1S/C26H22N8O2/c1-28-18-4-9-30-24(11-18)35-20-2-3-22-23(12-20)36-26(33-22)21-10-16(13-31-25(21)27)17-14-32-34(15-17)19-5-7-29-8-6-19/h2-4,9-15,19,29H,5-8H2,(H2,27,31). The maximum Gasteiger partial charge on any atom is 0.231 e. The Balaban J connectivity index is 1.29. The molecular weight excluding hydrogens is 456 g/mol. The Morgan fingerprint density at radius 2 is 1.97 bits per heavy atom. The second kappa shape index (κ2) is 9.13. The summed E-state index contributed by atoms with van der Waals surface area (Å²) in [5.74, 6) is 1.54. The van der Waals surface area contributed by atoms with Gasteiger partial charge in [0, 0.05) is 41.9 Å². The van der Waals surface area contributed by atoms with E-state index in [1.807, 2.05) is 16.9 Å². The molecule has 36 heavy (non-hydrogen) atoms. The van der Waals surface area contributed by atoms with Gasteiger partial charge in [-0.25, -0.2) is 19.8 Å². The van der Waals surface area contributed by atoms with E-state index >= 15 is 0 Å². The number of hydrogen-bond acceptors (Lipinski definition) is 8. The van der Waals surface area contributed by atoms with E-state index in [4.69, 9.17) is 21.5 Å². The van der Waals surface area contributed by atoms with Crippen molar-refractivity contribution in [3.05, 3.63) is 72.6 Å². The van der Waals surface area contributed by atoms with Gasteiger partial charge in [0.25, 0.3) is 0 Å². The highest BCUT2D eigenvalue weighted by atomic mass is 16.5. The minimum absolute atomic E-state index is 0.327. The Hall–Kier alpha value is -4.75. The van der Waals surface area contributed by atoms with Crippen LogP contribution in [0.3, 0.4) is 0 Å². The molecule has 178 valence electrons. The molecule has 6 rings (SSSR count). The van der Waals surface area contributed by atoms with Crippen molar-refractivity contribution >= 4 is 22.6 Å². The van der Waals surface area contributed by atoms with Gasteiger partial charge >= 0.3 is 0 Å². The predicted octanol–water partition coefficient (Wildman–Crippen LogP) is 5.00. The second-order valence-corrected chi connectivity index (χ2v) is 8.56. The number of hydrogen-bond donors (Lipinski definition) is 2. The van der Waals surface area contributed by atoms with Gasteiger partial charge in [-0.1, -0.05) is 0 Å². The predicted molar refractivity (Wildman–Crippen MR) is 135 cm³/mol. The van der Waals surface area contributed by atoms with E-state index in [0.717, 1.165) is 37.1 Å². The van der Waals surface area contributed by atoms with Crippen LogP contribution in [0.5, 0.6) is 11.6 Å². The fourth-order valence-electron chi connectivity index (χ4n) is 4.29. The fraction of sp³-hybridized carbons (Fsp3) is 0.192. The molecule has 0 bridgehead atoms. The van der Waals surface area contributed by atoms with Crippen molar-refractivity contribution < 1.29 is 9.15 Å². The molecule has 1 aromatic carbocycles. The van der Waals surface area contributed by atoms with E-state index in [9.17, 15) is 0 Å². The quantitative estimate of drug-likeness (QED) is 0.339. The molecule has 5 heterocycles. The van der Waals surface area contributed by atoms with Crippen molar-refractivity contribution in [3.63, 3.8) is 0 Å². The van der Waals surface area contributed by atoms with Gasteiger partial charge in [0.05, 0.1) is 24.4 Å². The zero-order valence-corrected chi connectivity index (χ0v) is 19.3. The third-order valence-corrected chi connectivity index (χ3v) is 6.20. The number of piperidine rings is 1. The van der Waals surface area contributed by atoms with Crippen molar-refractivity contribution in [1.29, 1.82) is 0 Å². The number of pyridine rings is 2. The van der Waals surface area contributed by atoms with Crippen molar-refractivity contribution in [1.82, 2.24) is 30.0 Å². The normalized spacial score (nSPS) is 14.1. The monoisotopic (exact) mass is 478 g/mol. The maximum atomic E-state index is 7.14. The Morgan fingerprint density at radius 3 is 2.83 bits per heavy atom. The molecule has 0 unspecified atom stereocenters. The summed E-state index contributed by atoms with van der Waals surface area (Å²) in [5.41, 5.74) is 10.3. The van der Waals surface area contributed by atoms with Crippen LogP contribution in [0.25, 0.3) is 38.5 Å². The number of nitrogens with zero attached hydrogens (tertiary/aromatic N) is 6. The number of nitrogens with one attached hydrogen (secondary N) is 1. The van der Waals surface area contributed by atoms with Crippen LogP contribution in [-0.4, -0.2) is 37.8 Å². The van der Waals surface area contributed by atoms with Gasteiger partial charge in [0.2, 0.25) is 11.8 Å². The first kappa shape index (κ1) is 21.8. The van der Waals surface area contributed by atoms with E-state index in [1.165, 1.54) is 6.20 Å². The molecular formula is C26H22N8O2. The minimum atomic E-state index is 0.327. The molecule has 10 heteroatoms. The molecule has 0 atom stereocenters. The summed E-state index contributed by atoms with van der Waals surface area (Å²) in [5, 5.41) is 7.97. The van der Waals surface area contributed by atoms with Gasteiger partial charge < -0.3 is 20.2 Å². The molecule has 10 nitrogen and oxygen atoms in total. The number of rotatable bonds is 5. The van der Waals surface area contributed by atoms with E-state index in [1.54, 1.807) is 36.5 Å². The second-order valence-electron chi connectivity index (χ2n) is 8.56. The molecule has 0 saturated carbocycles. The van der Waals surface area contributed by atoms with Gasteiger partial charge in [0.1, 0.15) is 17.1 Å². The highest BCUT2D eigenvalue weighted by Crippen LogP contribution is 2.33. The Bertz CT molecular complexity index is 1590. The third-order valence-electron chi connectivity index (χ3n) is 6.20. The van der Waals surface area contributed by atoms with Gasteiger partial charge in [0.15, 0.2) is 11.3 Å². The highest BCUT2D eigenvalue weighted by molar-refractivity contribution is 5.81. The zero-order valence-electron chi connectivity index (χ0n) is 19.3. The lowest BCUT2D eigenvalue weighted by Crippen LogP contribution is -2.29. The van der Waals surface area contributed by atoms with E-state index in [2.05, 4.69) is 36.4 Å². The van der Waals surface area contributed by atoms with Crippen LogP contribution in [0.1, 0.15) is 18.9 Å². The van der Waals surface area contributed by atoms with Crippen LogP contribution in [-0.2, 0) is 0 Å². The molecule has 0 aliphatic carbocycles. The maximum absolute atomic E-state index is 7.14. The number of fused-ring (bicyclic) bond motifs is 1. The SMILES string of the molecule is [C-]#[N+]c1ccnc(Oc2ccc3nc(-c4cc(-c5cnn(C6CCNCC6)c5)cnc4N)oc3c2)c1. The highest BCUT2D eigenvalue weighted by Gasteiger charge is 2.18. The van der Waals surface area contributed by atoms with Gasteiger partial charge in [-0.2, -0.15) is 5.10 Å². The smallest absolute Gasteiger partial charge is 0.231 e. The van der Waals surface area contributed by atoms with Crippen LogP contribution in [0.2, 0.25) is 0 Å². The lowest BCUT2D eigenvalue weighted by molar-refractivity contribution is 0.343. The summed E-state index contributed by atoms with van der Waals surface area (Å²) in [7, 11) is 0. The summed E-state index contributed by atoms with van der Waals surface area (Å²) in [6.07, 6.45) is 9.30. The summed E-state index contributed by atoms with van der Waals surface area (Å²) in [6.45, 7) is 9.15. The number of anilines is 1. The lowest BCUT2D eigenvalue weighted by atomic mass is 10.1. The van der Waals surface area contributed by atoms with Crippen molar-refractivity contribution in [2.24, 2.45) is 0 Å². The van der Waals surface area contributed by atoms with E-state index in [-0.39, 0.29) is 0 Å². The average Bonchev–Trinajstić information content (AvgIpc) is 3.57. The molecule has 4 aromatic heterocycles. The van der Waals surface area contributed by atoms with Crippen LogP contribution in [0, 0.1) is 6.57 Å². The Kier molecular flexibility index (Phi) is 5.52. The first-order valence-corrected chi connectivity index (χ1v) is 11.6. The summed E-state index contributed by atoms with van der Waals surface area (Å²) in [6, 6.07) is 10.8. The van der Waals surface area contributed by atoms with Crippen LogP contribution >= 0.6 is 0 Å².